The SMILES string of the molecule is Cc1ccccc1N1CCN(C(=O)C2C(C(=O)[C@@H]3CCCN3)C3(C)CCC2(N)C3(C)C)CC1. The lowest BCUT2D eigenvalue weighted by atomic mass is 9.63. The number of rotatable bonds is 4. The number of hydrogen-bond acceptors (Lipinski definition) is 5. The molecule has 0 aromatic heterocycles. The van der Waals surface area contributed by atoms with Crippen LogP contribution in [0.15, 0.2) is 24.3 Å². The highest BCUT2D eigenvalue weighted by Gasteiger charge is 2.76. The van der Waals surface area contributed by atoms with E-state index in [1.807, 2.05) is 4.90 Å². The van der Waals surface area contributed by atoms with Gasteiger partial charge in [0, 0.05) is 43.3 Å². The van der Waals surface area contributed by atoms with E-state index in [-0.39, 0.29) is 34.5 Å². The number of piperazine rings is 1. The maximum atomic E-state index is 14.1. The zero-order valence-electron chi connectivity index (χ0n) is 20.7. The Bertz CT molecular complexity index is 947. The summed E-state index contributed by atoms with van der Waals surface area (Å²) in [5.41, 5.74) is 8.51. The number of anilines is 1. The van der Waals surface area contributed by atoms with Crippen LogP contribution >= 0.6 is 0 Å². The van der Waals surface area contributed by atoms with Gasteiger partial charge in [0.2, 0.25) is 5.91 Å². The van der Waals surface area contributed by atoms with Crippen molar-refractivity contribution >= 4 is 17.4 Å². The van der Waals surface area contributed by atoms with Crippen molar-refractivity contribution in [1.82, 2.24) is 10.2 Å². The lowest BCUT2D eigenvalue weighted by Crippen LogP contribution is -2.61. The molecule has 0 spiro atoms. The molecule has 6 nitrogen and oxygen atoms in total. The summed E-state index contributed by atoms with van der Waals surface area (Å²) in [5.74, 6) is -0.392. The minimum Gasteiger partial charge on any atom is -0.368 e. The fourth-order valence-corrected chi connectivity index (χ4v) is 7.64. The van der Waals surface area contributed by atoms with Gasteiger partial charge in [-0.2, -0.15) is 0 Å². The van der Waals surface area contributed by atoms with E-state index < -0.39 is 11.5 Å². The minimum atomic E-state index is -0.634. The molecule has 3 N–H and O–H groups in total. The molecule has 2 heterocycles. The number of carbonyl (C=O) groups excluding carboxylic acids is 2. The monoisotopic (exact) mass is 452 g/mol. The Labute approximate surface area is 198 Å². The lowest BCUT2D eigenvalue weighted by molar-refractivity contribution is -0.146. The van der Waals surface area contributed by atoms with Gasteiger partial charge in [-0.05, 0) is 61.6 Å². The third-order valence-corrected chi connectivity index (χ3v) is 10.2. The summed E-state index contributed by atoms with van der Waals surface area (Å²) in [6.45, 7) is 12.6. The molecule has 4 aliphatic rings. The van der Waals surface area contributed by atoms with E-state index in [0.29, 0.717) is 13.1 Å². The average Bonchev–Trinajstić information content (AvgIpc) is 3.43. The zero-order chi connectivity index (χ0) is 23.6. The molecule has 5 atom stereocenters. The number of carbonyl (C=O) groups is 2. The molecule has 0 radical (unpaired) electrons. The number of benzene rings is 1. The maximum absolute atomic E-state index is 14.1. The van der Waals surface area contributed by atoms with Gasteiger partial charge in [-0.25, -0.2) is 0 Å². The van der Waals surface area contributed by atoms with Gasteiger partial charge in [0.25, 0.3) is 0 Å². The van der Waals surface area contributed by atoms with Gasteiger partial charge < -0.3 is 20.9 Å². The summed E-state index contributed by atoms with van der Waals surface area (Å²) in [5, 5.41) is 3.40. The van der Waals surface area contributed by atoms with Crippen LogP contribution in [0.25, 0.3) is 0 Å². The molecule has 5 rings (SSSR count). The fraction of sp³-hybridized carbons (Fsp3) is 0.704. The molecule has 1 aromatic carbocycles. The number of para-hydroxylation sites is 1. The molecule has 2 saturated carbocycles. The van der Waals surface area contributed by atoms with Gasteiger partial charge in [0.1, 0.15) is 0 Å². The Hall–Kier alpha value is -1.92. The molecule has 2 saturated heterocycles. The number of Topliss-reactive ketones (excluding diaryl/α,β-unsaturated/α-hetero) is 1. The largest absolute Gasteiger partial charge is 0.368 e. The summed E-state index contributed by atoms with van der Waals surface area (Å²) >= 11 is 0. The first-order valence-corrected chi connectivity index (χ1v) is 12.8. The van der Waals surface area contributed by atoms with Crippen molar-refractivity contribution in [2.24, 2.45) is 28.4 Å². The molecule has 1 aromatic rings. The first-order valence-electron chi connectivity index (χ1n) is 12.8. The summed E-state index contributed by atoms with van der Waals surface area (Å²) < 4.78 is 0. The maximum Gasteiger partial charge on any atom is 0.228 e. The lowest BCUT2D eigenvalue weighted by Gasteiger charge is -2.44. The highest BCUT2D eigenvalue weighted by atomic mass is 16.2. The van der Waals surface area contributed by atoms with Crippen molar-refractivity contribution in [1.29, 1.82) is 0 Å². The second kappa shape index (κ2) is 7.81. The molecule has 1 amide bonds. The predicted molar refractivity (Wildman–Crippen MR) is 131 cm³/mol. The van der Waals surface area contributed by atoms with Crippen molar-refractivity contribution in [3.8, 4) is 0 Å². The van der Waals surface area contributed by atoms with Crippen molar-refractivity contribution in [3.63, 3.8) is 0 Å². The van der Waals surface area contributed by atoms with Gasteiger partial charge in [0.05, 0.1) is 12.0 Å². The second-order valence-corrected chi connectivity index (χ2v) is 11.7. The van der Waals surface area contributed by atoms with Gasteiger partial charge in [-0.15, -0.1) is 0 Å². The van der Waals surface area contributed by atoms with Crippen LogP contribution < -0.4 is 16.0 Å². The number of aryl methyl sites for hydroxylation is 1. The van der Waals surface area contributed by atoms with Crippen molar-refractivity contribution < 1.29 is 9.59 Å². The van der Waals surface area contributed by atoms with Crippen LogP contribution in [-0.2, 0) is 9.59 Å². The van der Waals surface area contributed by atoms with Gasteiger partial charge in [-0.1, -0.05) is 39.0 Å². The quantitative estimate of drug-likeness (QED) is 0.734. The summed E-state index contributed by atoms with van der Waals surface area (Å²) in [4.78, 5) is 32.3. The predicted octanol–water partition coefficient (Wildman–Crippen LogP) is 2.73. The molecular weight excluding hydrogens is 412 g/mol. The van der Waals surface area contributed by atoms with Crippen LogP contribution in [0.1, 0.15) is 52.0 Å². The van der Waals surface area contributed by atoms with E-state index >= 15 is 0 Å². The second-order valence-electron chi connectivity index (χ2n) is 11.7. The number of amides is 1. The van der Waals surface area contributed by atoms with Crippen LogP contribution in [0.3, 0.4) is 0 Å². The topological polar surface area (TPSA) is 78.7 Å². The van der Waals surface area contributed by atoms with Crippen LogP contribution in [0.2, 0.25) is 0 Å². The van der Waals surface area contributed by atoms with E-state index in [1.165, 1.54) is 11.3 Å². The van der Waals surface area contributed by atoms with Crippen LogP contribution in [-0.4, -0.2) is 60.9 Å². The smallest absolute Gasteiger partial charge is 0.228 e. The highest BCUT2D eigenvalue weighted by Crippen LogP contribution is 2.71. The number of nitrogens with two attached hydrogens (primary N) is 1. The minimum absolute atomic E-state index is 0.106. The molecule has 4 fully saturated rings. The normalized spacial score (nSPS) is 37.5. The molecule has 2 bridgehead atoms. The third kappa shape index (κ3) is 3.13. The van der Waals surface area contributed by atoms with E-state index in [2.05, 4.69) is 62.2 Å². The molecule has 2 aliphatic carbocycles. The van der Waals surface area contributed by atoms with Crippen LogP contribution in [0.5, 0.6) is 0 Å². The Morgan fingerprint density at radius 2 is 1.73 bits per heavy atom. The molecule has 2 aliphatic heterocycles. The number of hydrogen-bond donors (Lipinski definition) is 2. The summed E-state index contributed by atoms with van der Waals surface area (Å²) in [6, 6.07) is 8.30. The Morgan fingerprint density at radius 3 is 2.36 bits per heavy atom. The molecule has 180 valence electrons. The number of nitrogens with zero attached hydrogens (tertiary/aromatic N) is 2. The highest BCUT2D eigenvalue weighted by molar-refractivity contribution is 5.95. The molecular formula is C27H40N4O2. The van der Waals surface area contributed by atoms with Crippen molar-refractivity contribution in [2.75, 3.05) is 37.6 Å². The van der Waals surface area contributed by atoms with Gasteiger partial charge in [-0.3, -0.25) is 9.59 Å². The molecule has 6 heteroatoms. The fourth-order valence-electron chi connectivity index (χ4n) is 7.64. The third-order valence-electron chi connectivity index (χ3n) is 10.2. The summed E-state index contributed by atoms with van der Waals surface area (Å²) in [6.07, 6.45) is 3.64. The number of ketones is 1. The van der Waals surface area contributed by atoms with Crippen LogP contribution in [0, 0.1) is 29.6 Å². The van der Waals surface area contributed by atoms with E-state index in [4.69, 9.17) is 5.73 Å². The van der Waals surface area contributed by atoms with Crippen molar-refractivity contribution in [2.45, 2.75) is 65.0 Å². The Morgan fingerprint density at radius 1 is 1.03 bits per heavy atom. The molecule has 33 heavy (non-hydrogen) atoms. The van der Waals surface area contributed by atoms with Crippen molar-refractivity contribution in [3.05, 3.63) is 29.8 Å². The summed E-state index contributed by atoms with van der Waals surface area (Å²) in [7, 11) is 0. The number of nitrogens with one attached hydrogen (secondary N) is 1. The first kappa shape index (κ1) is 22.9. The van der Waals surface area contributed by atoms with Gasteiger partial charge >= 0.3 is 0 Å². The van der Waals surface area contributed by atoms with E-state index in [9.17, 15) is 9.59 Å². The van der Waals surface area contributed by atoms with Gasteiger partial charge in [0.15, 0.2) is 5.78 Å². The Balaban J connectivity index is 1.40. The van der Waals surface area contributed by atoms with E-state index in [0.717, 1.165) is 45.3 Å². The standard InChI is InChI=1S/C27H40N4O2/c1-18-8-5-6-10-20(18)30-14-16-31(17-15-30)24(33)22-21(23(32)19-9-7-13-29-19)26(4)11-12-27(22,28)25(26,2)3/h5-6,8,10,19,21-22,29H,7,9,11-17,28H2,1-4H3/t19-,21?,22?,26?,27?/m0/s1. The molecule has 4 unspecified atom stereocenters. The first-order chi connectivity index (χ1) is 15.6. The average molecular weight is 453 g/mol. The Kier molecular flexibility index (Phi) is 5.41. The van der Waals surface area contributed by atoms with E-state index in [1.54, 1.807) is 0 Å². The zero-order valence-corrected chi connectivity index (χ0v) is 20.7. The number of fused-ring (bicyclic) bond motifs is 2. The van der Waals surface area contributed by atoms with Crippen LogP contribution in [0.4, 0.5) is 5.69 Å².